The Morgan fingerprint density at radius 2 is 2.13 bits per heavy atom. The molecule has 0 aliphatic carbocycles. The molecule has 1 fully saturated rings. The maximum absolute atomic E-state index is 12.2. The highest BCUT2D eigenvalue weighted by atomic mass is 16.3. The molecule has 2 aromatic heterocycles. The van der Waals surface area contributed by atoms with Crippen LogP contribution in [0.5, 0.6) is 0 Å². The molecule has 0 atom stereocenters. The highest BCUT2D eigenvalue weighted by Crippen LogP contribution is 2.18. The zero-order valence-electron chi connectivity index (χ0n) is 12.6. The number of carbonyl (C=O) groups is 2. The first kappa shape index (κ1) is 15.2. The molecule has 0 spiro atoms. The van der Waals surface area contributed by atoms with Crippen molar-refractivity contribution in [3.8, 4) is 0 Å². The van der Waals surface area contributed by atoms with Crippen molar-refractivity contribution in [2.75, 3.05) is 19.6 Å². The summed E-state index contributed by atoms with van der Waals surface area (Å²) in [4.78, 5) is 33.8. The van der Waals surface area contributed by atoms with Gasteiger partial charge < -0.3 is 14.6 Å². The molecular weight excluding hydrogens is 296 g/mol. The standard InChI is InChI=1S/C16H18N4O3/c21-15(14-10-17-4-5-18-14)19-9-12-1-6-20(7-2-12)16(22)13-3-8-23-11-13/h3-5,8,10-12H,1-2,6-7,9H2,(H,19,21). The maximum atomic E-state index is 12.2. The lowest BCUT2D eigenvalue weighted by Crippen LogP contribution is -2.41. The van der Waals surface area contributed by atoms with Crippen LogP contribution < -0.4 is 5.32 Å². The number of aromatic nitrogens is 2. The van der Waals surface area contributed by atoms with Crippen LogP contribution in [0.2, 0.25) is 0 Å². The van der Waals surface area contributed by atoms with Crippen molar-refractivity contribution in [2.45, 2.75) is 12.8 Å². The zero-order chi connectivity index (χ0) is 16.1. The van der Waals surface area contributed by atoms with Gasteiger partial charge in [-0.15, -0.1) is 0 Å². The van der Waals surface area contributed by atoms with Crippen molar-refractivity contribution >= 4 is 11.8 Å². The van der Waals surface area contributed by atoms with Gasteiger partial charge in [0.15, 0.2) is 0 Å². The van der Waals surface area contributed by atoms with E-state index >= 15 is 0 Å². The Morgan fingerprint density at radius 1 is 1.30 bits per heavy atom. The van der Waals surface area contributed by atoms with Gasteiger partial charge in [0.25, 0.3) is 11.8 Å². The van der Waals surface area contributed by atoms with Gasteiger partial charge in [0.05, 0.1) is 18.0 Å². The van der Waals surface area contributed by atoms with Crippen LogP contribution in [0, 0.1) is 5.92 Å². The second-order valence-electron chi connectivity index (χ2n) is 5.55. The van der Waals surface area contributed by atoms with E-state index in [-0.39, 0.29) is 11.8 Å². The summed E-state index contributed by atoms with van der Waals surface area (Å²) < 4.78 is 4.95. The fourth-order valence-electron chi connectivity index (χ4n) is 2.65. The topological polar surface area (TPSA) is 88.3 Å². The molecule has 1 aliphatic heterocycles. The Balaban J connectivity index is 1.44. The number of rotatable bonds is 4. The molecule has 3 heterocycles. The van der Waals surface area contributed by atoms with Crippen LogP contribution >= 0.6 is 0 Å². The fraction of sp³-hybridized carbons (Fsp3) is 0.375. The summed E-state index contributed by atoms with van der Waals surface area (Å²) in [5, 5.41) is 2.88. The Bertz CT molecular complexity index is 649. The number of carbonyl (C=O) groups excluding carboxylic acids is 2. The van der Waals surface area contributed by atoms with Gasteiger partial charge in [0.1, 0.15) is 12.0 Å². The van der Waals surface area contributed by atoms with Crippen molar-refractivity contribution in [3.63, 3.8) is 0 Å². The van der Waals surface area contributed by atoms with Gasteiger partial charge in [0, 0.05) is 32.0 Å². The second kappa shape index (κ2) is 7.04. The minimum Gasteiger partial charge on any atom is -0.472 e. The van der Waals surface area contributed by atoms with Gasteiger partial charge in [-0.2, -0.15) is 0 Å². The average Bonchev–Trinajstić information content (AvgIpc) is 3.15. The molecule has 2 aromatic rings. The van der Waals surface area contributed by atoms with Crippen LogP contribution in [-0.4, -0.2) is 46.3 Å². The van der Waals surface area contributed by atoms with E-state index in [1.165, 1.54) is 31.1 Å². The van der Waals surface area contributed by atoms with Crippen molar-refractivity contribution in [1.29, 1.82) is 0 Å². The van der Waals surface area contributed by atoms with E-state index in [1.54, 1.807) is 6.07 Å². The largest absolute Gasteiger partial charge is 0.472 e. The Morgan fingerprint density at radius 3 is 2.78 bits per heavy atom. The van der Waals surface area contributed by atoms with Gasteiger partial charge in [0.2, 0.25) is 0 Å². The maximum Gasteiger partial charge on any atom is 0.271 e. The molecule has 120 valence electrons. The molecule has 0 aromatic carbocycles. The molecule has 23 heavy (non-hydrogen) atoms. The summed E-state index contributed by atoms with van der Waals surface area (Å²) >= 11 is 0. The third-order valence-electron chi connectivity index (χ3n) is 4.02. The Hall–Kier alpha value is -2.70. The van der Waals surface area contributed by atoms with Crippen LogP contribution in [0.3, 0.4) is 0 Å². The normalized spacial score (nSPS) is 15.4. The Kier molecular flexibility index (Phi) is 4.65. The van der Waals surface area contributed by atoms with E-state index in [2.05, 4.69) is 15.3 Å². The molecule has 0 radical (unpaired) electrons. The van der Waals surface area contributed by atoms with Crippen molar-refractivity contribution < 1.29 is 14.0 Å². The first-order valence-electron chi connectivity index (χ1n) is 7.59. The number of nitrogens with zero attached hydrogens (tertiary/aromatic N) is 3. The molecule has 1 N–H and O–H groups in total. The molecule has 7 nitrogen and oxygen atoms in total. The molecule has 2 amide bonds. The fourth-order valence-corrected chi connectivity index (χ4v) is 2.65. The number of likely N-dealkylation sites (tertiary alicyclic amines) is 1. The van der Waals surface area contributed by atoms with Crippen molar-refractivity contribution in [2.24, 2.45) is 5.92 Å². The lowest BCUT2D eigenvalue weighted by molar-refractivity contribution is 0.0683. The minimum absolute atomic E-state index is 0.000737. The number of hydrogen-bond donors (Lipinski definition) is 1. The first-order valence-corrected chi connectivity index (χ1v) is 7.59. The molecule has 0 bridgehead atoms. The quantitative estimate of drug-likeness (QED) is 0.920. The summed E-state index contributed by atoms with van der Waals surface area (Å²) in [5.74, 6) is 0.153. The van der Waals surface area contributed by atoms with E-state index in [4.69, 9.17) is 4.42 Å². The summed E-state index contributed by atoms with van der Waals surface area (Å²) in [6.45, 7) is 1.97. The number of furan rings is 1. The van der Waals surface area contributed by atoms with Gasteiger partial charge in [-0.05, 0) is 24.8 Å². The third-order valence-corrected chi connectivity index (χ3v) is 4.02. The SMILES string of the molecule is O=C(NCC1CCN(C(=O)c2ccoc2)CC1)c1cnccn1. The van der Waals surface area contributed by atoms with E-state index in [0.29, 0.717) is 36.8 Å². The van der Waals surface area contributed by atoms with E-state index < -0.39 is 0 Å². The molecule has 3 rings (SSSR count). The van der Waals surface area contributed by atoms with Crippen LogP contribution in [0.25, 0.3) is 0 Å². The first-order chi connectivity index (χ1) is 11.2. The molecule has 1 aliphatic rings. The van der Waals surface area contributed by atoms with Crippen molar-refractivity contribution in [3.05, 3.63) is 48.4 Å². The smallest absolute Gasteiger partial charge is 0.271 e. The lowest BCUT2D eigenvalue weighted by atomic mass is 9.96. The number of piperidine rings is 1. The van der Waals surface area contributed by atoms with Gasteiger partial charge in [-0.3, -0.25) is 14.6 Å². The molecular formula is C16H18N4O3. The summed E-state index contributed by atoms with van der Waals surface area (Å²) in [7, 11) is 0. The molecule has 0 unspecified atom stereocenters. The second-order valence-corrected chi connectivity index (χ2v) is 5.55. The highest BCUT2D eigenvalue weighted by Gasteiger charge is 2.24. The van der Waals surface area contributed by atoms with Crippen LogP contribution in [-0.2, 0) is 0 Å². The van der Waals surface area contributed by atoms with E-state index in [0.717, 1.165) is 12.8 Å². The predicted octanol–water partition coefficient (Wildman–Crippen LogP) is 1.35. The van der Waals surface area contributed by atoms with E-state index in [1.807, 2.05) is 4.90 Å². The monoisotopic (exact) mass is 314 g/mol. The third kappa shape index (κ3) is 3.74. The summed E-state index contributed by atoms with van der Waals surface area (Å²) in [6, 6.07) is 1.68. The minimum atomic E-state index is -0.213. The molecule has 0 saturated carbocycles. The summed E-state index contributed by atoms with van der Waals surface area (Å²) in [5.41, 5.74) is 0.902. The lowest BCUT2D eigenvalue weighted by Gasteiger charge is -2.31. The zero-order valence-corrected chi connectivity index (χ0v) is 12.6. The number of amides is 2. The summed E-state index contributed by atoms with van der Waals surface area (Å²) in [6.07, 6.45) is 9.17. The van der Waals surface area contributed by atoms with Gasteiger partial charge in [-0.25, -0.2) is 4.98 Å². The van der Waals surface area contributed by atoms with Crippen LogP contribution in [0.4, 0.5) is 0 Å². The Labute approximate surface area is 133 Å². The van der Waals surface area contributed by atoms with Crippen LogP contribution in [0.15, 0.2) is 41.6 Å². The highest BCUT2D eigenvalue weighted by molar-refractivity contribution is 5.94. The van der Waals surface area contributed by atoms with Crippen LogP contribution in [0.1, 0.15) is 33.7 Å². The van der Waals surface area contributed by atoms with Gasteiger partial charge in [-0.1, -0.05) is 0 Å². The predicted molar refractivity (Wildman–Crippen MR) is 81.7 cm³/mol. The van der Waals surface area contributed by atoms with Crippen molar-refractivity contribution in [1.82, 2.24) is 20.2 Å². The van der Waals surface area contributed by atoms with Gasteiger partial charge >= 0.3 is 0 Å². The molecule has 1 saturated heterocycles. The van der Waals surface area contributed by atoms with E-state index in [9.17, 15) is 9.59 Å². The molecule has 7 heteroatoms. The number of hydrogen-bond acceptors (Lipinski definition) is 5. The average molecular weight is 314 g/mol. The number of nitrogens with one attached hydrogen (secondary N) is 1.